The predicted octanol–water partition coefficient (Wildman–Crippen LogP) is 3.93. The van der Waals surface area contributed by atoms with Crippen molar-refractivity contribution in [2.75, 3.05) is 0 Å². The van der Waals surface area contributed by atoms with E-state index in [2.05, 4.69) is 9.71 Å². The molecule has 9 heteroatoms. The minimum atomic E-state index is -4.06. The summed E-state index contributed by atoms with van der Waals surface area (Å²) in [6.45, 7) is 0. The lowest BCUT2D eigenvalue weighted by Gasteiger charge is -2.20. The van der Waals surface area contributed by atoms with Crippen LogP contribution in [0.4, 0.5) is 4.39 Å². The summed E-state index contributed by atoms with van der Waals surface area (Å²) >= 11 is 12.0. The fourth-order valence-electron chi connectivity index (χ4n) is 2.52. The second-order valence-electron chi connectivity index (χ2n) is 5.56. The molecule has 1 N–H and O–H groups in total. The van der Waals surface area contributed by atoms with E-state index >= 15 is 0 Å². The molecule has 3 rings (SSSR count). The Labute approximate surface area is 160 Å². The van der Waals surface area contributed by atoms with Gasteiger partial charge in [0.25, 0.3) is 0 Å². The lowest BCUT2D eigenvalue weighted by molar-refractivity contribution is 0.560. The van der Waals surface area contributed by atoms with Gasteiger partial charge in [-0.1, -0.05) is 41.4 Å². The average Bonchev–Trinajstić information content (AvgIpc) is 3.01. The van der Waals surface area contributed by atoms with Crippen LogP contribution in [0.25, 0.3) is 0 Å². The molecule has 0 aliphatic heterocycles. The zero-order valence-corrected chi connectivity index (χ0v) is 15.9. The number of nitrogens with one attached hydrogen (secondary N) is 1. The van der Waals surface area contributed by atoms with Gasteiger partial charge in [0.1, 0.15) is 22.6 Å². The number of rotatable bonds is 5. The van der Waals surface area contributed by atoms with Crippen LogP contribution < -0.4 is 4.72 Å². The first kappa shape index (κ1) is 18.8. The molecule has 3 aromatic rings. The molecule has 0 spiro atoms. The number of nitrogens with zero attached hydrogens (tertiary/aromatic N) is 2. The number of imidazole rings is 1. The van der Waals surface area contributed by atoms with E-state index in [1.807, 2.05) is 0 Å². The van der Waals surface area contributed by atoms with Crippen LogP contribution in [0.2, 0.25) is 10.0 Å². The van der Waals surface area contributed by atoms with Gasteiger partial charge >= 0.3 is 0 Å². The van der Waals surface area contributed by atoms with Crippen molar-refractivity contribution in [1.82, 2.24) is 14.3 Å². The van der Waals surface area contributed by atoms with Crippen molar-refractivity contribution in [2.24, 2.45) is 7.05 Å². The number of hydrogen-bond donors (Lipinski definition) is 1. The number of sulfonamides is 1. The maximum Gasteiger partial charge on any atom is 0.243 e. The summed E-state index contributed by atoms with van der Waals surface area (Å²) < 4.78 is 43.7. The molecule has 2 aromatic carbocycles. The van der Waals surface area contributed by atoms with Crippen molar-refractivity contribution in [2.45, 2.75) is 10.9 Å². The van der Waals surface area contributed by atoms with Gasteiger partial charge in [0.05, 0.1) is 10.0 Å². The second-order valence-corrected chi connectivity index (χ2v) is 8.03. The van der Waals surface area contributed by atoms with E-state index in [1.54, 1.807) is 23.9 Å². The van der Waals surface area contributed by atoms with Crippen molar-refractivity contribution < 1.29 is 12.8 Å². The number of halogens is 3. The van der Waals surface area contributed by atoms with Gasteiger partial charge in [0, 0.05) is 19.4 Å². The van der Waals surface area contributed by atoms with Crippen LogP contribution >= 0.6 is 23.2 Å². The Morgan fingerprint density at radius 3 is 2.58 bits per heavy atom. The third-order valence-corrected chi connectivity index (χ3v) is 6.17. The zero-order chi connectivity index (χ0) is 18.9. The summed E-state index contributed by atoms with van der Waals surface area (Å²) in [6.07, 6.45) is 3.20. The standard InChI is InChI=1S/C17H14Cl2FN3O2S/c1-23-9-8-21-17(23)16(11-4-2-5-12(20)10-11)22-26(24,25)14-7-3-6-13(18)15(14)19/h2-10,16,22H,1H3. The highest BCUT2D eigenvalue weighted by molar-refractivity contribution is 7.89. The summed E-state index contributed by atoms with van der Waals surface area (Å²) in [4.78, 5) is 4.03. The summed E-state index contributed by atoms with van der Waals surface area (Å²) in [5.41, 5.74) is 0.404. The Bertz CT molecular complexity index is 1050. The van der Waals surface area contributed by atoms with Gasteiger partial charge in [0.2, 0.25) is 10.0 Å². The van der Waals surface area contributed by atoms with E-state index in [9.17, 15) is 12.8 Å². The van der Waals surface area contributed by atoms with Crippen LogP contribution in [0.3, 0.4) is 0 Å². The molecule has 0 radical (unpaired) electrons. The summed E-state index contributed by atoms with van der Waals surface area (Å²) in [5, 5.41) is 0.0355. The van der Waals surface area contributed by atoms with E-state index in [4.69, 9.17) is 23.2 Å². The third kappa shape index (κ3) is 3.76. The molecule has 136 valence electrons. The van der Waals surface area contributed by atoms with Crippen LogP contribution in [0, 0.1) is 5.82 Å². The first-order chi connectivity index (χ1) is 12.3. The Kier molecular flexibility index (Phi) is 5.34. The van der Waals surface area contributed by atoms with E-state index in [0.717, 1.165) is 0 Å². The van der Waals surface area contributed by atoms with Crippen LogP contribution in [0.15, 0.2) is 59.8 Å². The zero-order valence-electron chi connectivity index (χ0n) is 13.5. The van der Waals surface area contributed by atoms with Crippen LogP contribution in [0.5, 0.6) is 0 Å². The highest BCUT2D eigenvalue weighted by Crippen LogP contribution is 2.31. The van der Waals surface area contributed by atoms with Gasteiger partial charge in [-0.2, -0.15) is 4.72 Å². The van der Waals surface area contributed by atoms with Crippen molar-refractivity contribution in [3.8, 4) is 0 Å². The van der Waals surface area contributed by atoms with Gasteiger partial charge < -0.3 is 4.57 Å². The fraction of sp³-hybridized carbons (Fsp3) is 0.118. The lowest BCUT2D eigenvalue weighted by atomic mass is 10.1. The maximum absolute atomic E-state index is 13.7. The van der Waals surface area contributed by atoms with Crippen molar-refractivity contribution in [1.29, 1.82) is 0 Å². The summed E-state index contributed by atoms with van der Waals surface area (Å²) in [6, 6.07) is 9.06. The highest BCUT2D eigenvalue weighted by atomic mass is 35.5. The van der Waals surface area contributed by atoms with Crippen LogP contribution in [-0.4, -0.2) is 18.0 Å². The Morgan fingerprint density at radius 2 is 1.92 bits per heavy atom. The smallest absolute Gasteiger partial charge is 0.243 e. The van der Waals surface area contributed by atoms with Crippen molar-refractivity contribution in [3.63, 3.8) is 0 Å². The van der Waals surface area contributed by atoms with Gasteiger partial charge in [-0.25, -0.2) is 17.8 Å². The quantitative estimate of drug-likeness (QED) is 0.688. The number of aryl methyl sites for hydroxylation is 1. The highest BCUT2D eigenvalue weighted by Gasteiger charge is 2.28. The monoisotopic (exact) mass is 413 g/mol. The predicted molar refractivity (Wildman–Crippen MR) is 98.2 cm³/mol. The Morgan fingerprint density at radius 1 is 1.19 bits per heavy atom. The molecular weight excluding hydrogens is 400 g/mol. The summed E-state index contributed by atoms with van der Waals surface area (Å²) in [7, 11) is -2.34. The first-order valence-electron chi connectivity index (χ1n) is 7.48. The lowest BCUT2D eigenvalue weighted by Crippen LogP contribution is -2.31. The van der Waals surface area contributed by atoms with Gasteiger partial charge in [-0.05, 0) is 29.8 Å². The topological polar surface area (TPSA) is 64.0 Å². The SMILES string of the molecule is Cn1ccnc1C(NS(=O)(=O)c1cccc(Cl)c1Cl)c1cccc(F)c1. The molecule has 1 atom stereocenters. The Balaban J connectivity index is 2.09. The van der Waals surface area contributed by atoms with E-state index in [1.165, 1.54) is 42.6 Å². The molecule has 0 aliphatic carbocycles. The molecule has 1 heterocycles. The molecule has 0 fully saturated rings. The molecule has 0 saturated carbocycles. The number of aromatic nitrogens is 2. The second kappa shape index (κ2) is 7.36. The first-order valence-corrected chi connectivity index (χ1v) is 9.72. The molecule has 5 nitrogen and oxygen atoms in total. The number of hydrogen-bond acceptors (Lipinski definition) is 3. The normalized spacial score (nSPS) is 12.9. The van der Waals surface area contributed by atoms with Gasteiger partial charge in [-0.3, -0.25) is 0 Å². The molecule has 1 unspecified atom stereocenters. The molecular formula is C17H14Cl2FN3O2S. The van der Waals surface area contributed by atoms with Crippen LogP contribution in [-0.2, 0) is 17.1 Å². The molecule has 0 bridgehead atoms. The van der Waals surface area contributed by atoms with Crippen molar-refractivity contribution in [3.05, 3.63) is 82.1 Å². The van der Waals surface area contributed by atoms with Crippen molar-refractivity contribution >= 4 is 33.2 Å². The molecule has 26 heavy (non-hydrogen) atoms. The molecule has 0 amide bonds. The molecule has 0 aliphatic rings. The average molecular weight is 414 g/mol. The third-order valence-electron chi connectivity index (χ3n) is 3.78. The molecule has 1 aromatic heterocycles. The van der Waals surface area contributed by atoms with E-state index in [-0.39, 0.29) is 14.9 Å². The van der Waals surface area contributed by atoms with Gasteiger partial charge in [0.15, 0.2) is 0 Å². The minimum absolute atomic E-state index is 0.0838. The minimum Gasteiger partial charge on any atom is -0.336 e. The summed E-state index contributed by atoms with van der Waals surface area (Å²) in [5.74, 6) is -0.0842. The fourth-order valence-corrected chi connectivity index (χ4v) is 4.47. The van der Waals surface area contributed by atoms with Gasteiger partial charge in [-0.15, -0.1) is 0 Å². The van der Waals surface area contributed by atoms with E-state index in [0.29, 0.717) is 11.4 Å². The largest absolute Gasteiger partial charge is 0.336 e. The number of benzene rings is 2. The Hall–Kier alpha value is -1.93. The maximum atomic E-state index is 13.7. The van der Waals surface area contributed by atoms with Crippen LogP contribution in [0.1, 0.15) is 17.4 Å². The van der Waals surface area contributed by atoms with E-state index < -0.39 is 21.9 Å². The molecule has 0 saturated heterocycles.